The number of hydrogen-bond acceptors (Lipinski definition) is 3. The molecule has 0 spiro atoms. The second kappa shape index (κ2) is 4.74. The zero-order chi connectivity index (χ0) is 8.81. The third-order valence-electron chi connectivity index (χ3n) is 1.48. The molecule has 0 radical (unpaired) electrons. The lowest BCUT2D eigenvalue weighted by atomic mass is 10.3. The lowest BCUT2D eigenvalue weighted by molar-refractivity contribution is 0.0859. The number of rotatable bonds is 4. The Balaban J connectivity index is 2.33. The molecule has 0 bridgehead atoms. The zero-order valence-corrected chi connectivity index (χ0v) is 7.03. The molecule has 1 aromatic rings. The number of para-hydroxylation sites is 1. The smallest absolute Gasteiger partial charge is 0.139 e. The van der Waals surface area contributed by atoms with Gasteiger partial charge in [-0.05, 0) is 19.2 Å². The normalized spacial score (nSPS) is 12.5. The Morgan fingerprint density at radius 3 is 2.67 bits per heavy atom. The van der Waals surface area contributed by atoms with E-state index < -0.39 is 6.23 Å². The van der Waals surface area contributed by atoms with Crippen LogP contribution in [-0.2, 0) is 0 Å². The summed E-state index contributed by atoms with van der Waals surface area (Å²) >= 11 is 0. The summed E-state index contributed by atoms with van der Waals surface area (Å²) in [5, 5.41) is 11.7. The molecular formula is C9H13NO2. The Kier molecular flexibility index (Phi) is 3.57. The minimum absolute atomic E-state index is 0.264. The molecule has 3 heteroatoms. The fourth-order valence-electron chi connectivity index (χ4n) is 0.775. The average molecular weight is 167 g/mol. The van der Waals surface area contributed by atoms with Crippen molar-refractivity contribution in [2.24, 2.45) is 0 Å². The van der Waals surface area contributed by atoms with E-state index in [1.165, 1.54) is 0 Å². The number of benzene rings is 1. The highest BCUT2D eigenvalue weighted by molar-refractivity contribution is 5.20. The van der Waals surface area contributed by atoms with E-state index in [2.05, 4.69) is 5.32 Å². The maximum atomic E-state index is 9.08. The first kappa shape index (κ1) is 9.03. The molecular weight excluding hydrogens is 154 g/mol. The van der Waals surface area contributed by atoms with Crippen LogP contribution in [0.1, 0.15) is 0 Å². The Hall–Kier alpha value is -1.06. The van der Waals surface area contributed by atoms with Crippen LogP contribution in [-0.4, -0.2) is 25.0 Å². The highest BCUT2D eigenvalue weighted by Crippen LogP contribution is 2.07. The molecule has 0 saturated heterocycles. The summed E-state index contributed by atoms with van der Waals surface area (Å²) in [6.45, 7) is 0.264. The maximum Gasteiger partial charge on any atom is 0.139 e. The fourth-order valence-corrected chi connectivity index (χ4v) is 0.775. The molecule has 1 atom stereocenters. The van der Waals surface area contributed by atoms with Crippen LogP contribution in [0.15, 0.2) is 30.3 Å². The summed E-state index contributed by atoms with van der Waals surface area (Å²) in [5.74, 6) is 0.770. The molecule has 1 unspecified atom stereocenters. The van der Waals surface area contributed by atoms with Crippen LogP contribution in [0.2, 0.25) is 0 Å². The predicted molar refractivity (Wildman–Crippen MR) is 47.0 cm³/mol. The summed E-state index contributed by atoms with van der Waals surface area (Å²) in [7, 11) is 1.68. The molecule has 0 amide bonds. The average Bonchev–Trinajstić information content (AvgIpc) is 2.16. The molecule has 66 valence electrons. The van der Waals surface area contributed by atoms with Crippen molar-refractivity contribution in [3.63, 3.8) is 0 Å². The molecule has 0 aliphatic heterocycles. The summed E-state index contributed by atoms with van der Waals surface area (Å²) in [4.78, 5) is 0. The molecule has 2 N–H and O–H groups in total. The van der Waals surface area contributed by atoms with Crippen LogP contribution in [0.5, 0.6) is 5.75 Å². The van der Waals surface area contributed by atoms with Crippen LogP contribution in [0.4, 0.5) is 0 Å². The molecule has 0 saturated carbocycles. The van der Waals surface area contributed by atoms with Gasteiger partial charge < -0.3 is 9.84 Å². The van der Waals surface area contributed by atoms with Crippen LogP contribution in [0.3, 0.4) is 0 Å². The Labute approximate surface area is 72.0 Å². The van der Waals surface area contributed by atoms with Crippen molar-refractivity contribution in [1.82, 2.24) is 5.32 Å². The van der Waals surface area contributed by atoms with Crippen molar-refractivity contribution in [3.8, 4) is 5.75 Å². The Morgan fingerprint density at radius 2 is 2.08 bits per heavy atom. The van der Waals surface area contributed by atoms with Crippen molar-refractivity contribution in [1.29, 1.82) is 0 Å². The predicted octanol–water partition coefficient (Wildman–Crippen LogP) is 0.603. The number of aliphatic hydroxyl groups excluding tert-OH is 1. The number of likely N-dealkylation sites (N-methyl/N-ethyl adjacent to an activating group) is 1. The van der Waals surface area contributed by atoms with E-state index in [0.717, 1.165) is 5.75 Å². The molecule has 1 aromatic carbocycles. The number of hydrogen-bond donors (Lipinski definition) is 2. The summed E-state index contributed by atoms with van der Waals surface area (Å²) in [6.07, 6.45) is -0.606. The van der Waals surface area contributed by atoms with Gasteiger partial charge >= 0.3 is 0 Å². The first-order valence-corrected chi connectivity index (χ1v) is 3.86. The summed E-state index contributed by atoms with van der Waals surface area (Å²) in [6, 6.07) is 9.40. The van der Waals surface area contributed by atoms with E-state index in [9.17, 15) is 0 Å². The maximum absolute atomic E-state index is 9.08. The van der Waals surface area contributed by atoms with E-state index >= 15 is 0 Å². The molecule has 3 nitrogen and oxygen atoms in total. The van der Waals surface area contributed by atoms with Crippen LogP contribution < -0.4 is 10.1 Å². The first-order valence-electron chi connectivity index (χ1n) is 3.86. The van der Waals surface area contributed by atoms with E-state index in [-0.39, 0.29) is 6.61 Å². The third-order valence-corrected chi connectivity index (χ3v) is 1.48. The number of aliphatic hydroxyl groups is 1. The van der Waals surface area contributed by atoms with Crippen molar-refractivity contribution in [2.45, 2.75) is 6.23 Å². The van der Waals surface area contributed by atoms with E-state index in [1.807, 2.05) is 30.3 Å². The number of nitrogens with one attached hydrogen (secondary N) is 1. The van der Waals surface area contributed by atoms with Gasteiger partial charge in [-0.15, -0.1) is 0 Å². The largest absolute Gasteiger partial charge is 0.489 e. The fraction of sp³-hybridized carbons (Fsp3) is 0.333. The molecule has 0 fully saturated rings. The van der Waals surface area contributed by atoms with Gasteiger partial charge in [-0.3, -0.25) is 5.32 Å². The topological polar surface area (TPSA) is 41.5 Å². The van der Waals surface area contributed by atoms with Crippen molar-refractivity contribution in [2.75, 3.05) is 13.7 Å². The second-order valence-corrected chi connectivity index (χ2v) is 2.43. The van der Waals surface area contributed by atoms with E-state index in [4.69, 9.17) is 9.84 Å². The van der Waals surface area contributed by atoms with Gasteiger partial charge in [-0.25, -0.2) is 0 Å². The van der Waals surface area contributed by atoms with Crippen molar-refractivity contribution in [3.05, 3.63) is 30.3 Å². The van der Waals surface area contributed by atoms with Gasteiger partial charge in [-0.2, -0.15) is 0 Å². The minimum atomic E-state index is -0.606. The van der Waals surface area contributed by atoms with Crippen LogP contribution >= 0.6 is 0 Å². The van der Waals surface area contributed by atoms with Gasteiger partial charge in [0.05, 0.1) is 0 Å². The highest BCUT2D eigenvalue weighted by atomic mass is 16.5. The van der Waals surface area contributed by atoms with Crippen LogP contribution in [0, 0.1) is 0 Å². The molecule has 0 aliphatic rings. The second-order valence-electron chi connectivity index (χ2n) is 2.43. The monoisotopic (exact) mass is 167 g/mol. The Bertz CT molecular complexity index is 213. The van der Waals surface area contributed by atoms with Gasteiger partial charge in [0.2, 0.25) is 0 Å². The lowest BCUT2D eigenvalue weighted by Gasteiger charge is -2.10. The Morgan fingerprint density at radius 1 is 1.42 bits per heavy atom. The van der Waals surface area contributed by atoms with Crippen molar-refractivity contribution < 1.29 is 9.84 Å². The van der Waals surface area contributed by atoms with Gasteiger partial charge in [0, 0.05) is 0 Å². The molecule has 1 rings (SSSR count). The minimum Gasteiger partial charge on any atom is -0.489 e. The lowest BCUT2D eigenvalue weighted by Crippen LogP contribution is -2.30. The van der Waals surface area contributed by atoms with Crippen molar-refractivity contribution >= 4 is 0 Å². The SMILES string of the molecule is CNC(O)COc1ccccc1. The van der Waals surface area contributed by atoms with Gasteiger partial charge in [-0.1, -0.05) is 18.2 Å². The third kappa shape index (κ3) is 2.90. The van der Waals surface area contributed by atoms with E-state index in [1.54, 1.807) is 7.05 Å². The standard InChI is InChI=1S/C9H13NO2/c1-10-9(11)7-12-8-5-3-2-4-6-8/h2-6,9-11H,7H2,1H3. The molecule has 12 heavy (non-hydrogen) atoms. The first-order chi connectivity index (χ1) is 5.83. The molecule has 0 aromatic heterocycles. The highest BCUT2D eigenvalue weighted by Gasteiger charge is 1.99. The van der Waals surface area contributed by atoms with Gasteiger partial charge in [0.1, 0.15) is 18.6 Å². The van der Waals surface area contributed by atoms with Gasteiger partial charge in [0.15, 0.2) is 0 Å². The zero-order valence-electron chi connectivity index (χ0n) is 7.03. The quantitative estimate of drug-likeness (QED) is 0.645. The number of ether oxygens (including phenoxy) is 1. The molecule has 0 heterocycles. The summed E-state index contributed by atoms with van der Waals surface area (Å²) in [5.41, 5.74) is 0. The van der Waals surface area contributed by atoms with Gasteiger partial charge in [0.25, 0.3) is 0 Å². The van der Waals surface area contributed by atoms with E-state index in [0.29, 0.717) is 0 Å². The molecule has 0 aliphatic carbocycles. The summed E-state index contributed by atoms with van der Waals surface area (Å²) < 4.78 is 5.25. The van der Waals surface area contributed by atoms with Crippen LogP contribution in [0.25, 0.3) is 0 Å².